The Morgan fingerprint density at radius 2 is 1.44 bits per heavy atom. The zero-order chi connectivity index (χ0) is 16.8. The van der Waals surface area contributed by atoms with E-state index in [9.17, 15) is 4.79 Å². The molecule has 4 heteroatoms. The van der Waals surface area contributed by atoms with Gasteiger partial charge < -0.3 is 0 Å². The summed E-state index contributed by atoms with van der Waals surface area (Å²) < 4.78 is 3.72. The molecule has 0 fully saturated rings. The van der Waals surface area contributed by atoms with Crippen molar-refractivity contribution in [1.82, 2.24) is 14.2 Å². The summed E-state index contributed by atoms with van der Waals surface area (Å²) in [6.07, 6.45) is 0. The van der Waals surface area contributed by atoms with Gasteiger partial charge in [-0.15, -0.1) is 0 Å². The molecule has 0 saturated carbocycles. The maximum absolute atomic E-state index is 13.2. The van der Waals surface area contributed by atoms with Crippen LogP contribution in [0.3, 0.4) is 0 Å². The minimum absolute atomic E-state index is 0.0345. The molecule has 0 N–H and O–H groups in total. The van der Waals surface area contributed by atoms with Crippen LogP contribution < -0.4 is 5.56 Å². The molecule has 4 nitrogen and oxygen atoms in total. The molecule has 0 spiro atoms. The van der Waals surface area contributed by atoms with Gasteiger partial charge >= 0.3 is 0 Å². The van der Waals surface area contributed by atoms with Crippen LogP contribution in [0.2, 0.25) is 0 Å². The molecule has 0 aliphatic heterocycles. The molecule has 0 aliphatic rings. The molecule has 0 unspecified atom stereocenters. The molecule has 2 aromatic heterocycles. The first-order valence-corrected chi connectivity index (χ1v) is 8.26. The van der Waals surface area contributed by atoms with Crippen LogP contribution >= 0.6 is 0 Å². The molecule has 2 heterocycles. The Bertz CT molecular complexity index is 1280. The zero-order valence-corrected chi connectivity index (χ0v) is 13.5. The highest BCUT2D eigenvalue weighted by Gasteiger charge is 2.15. The number of para-hydroxylation sites is 2. The predicted octanol–water partition coefficient (Wildman–Crippen LogP) is 3.85. The van der Waals surface area contributed by atoms with E-state index in [0.29, 0.717) is 17.6 Å². The van der Waals surface area contributed by atoms with E-state index < -0.39 is 0 Å². The van der Waals surface area contributed by atoms with Crippen molar-refractivity contribution < 1.29 is 0 Å². The Labute approximate surface area is 143 Å². The second-order valence-corrected chi connectivity index (χ2v) is 6.13. The van der Waals surface area contributed by atoms with E-state index in [1.165, 1.54) is 0 Å². The van der Waals surface area contributed by atoms with Crippen molar-refractivity contribution in [2.24, 2.45) is 0 Å². The highest BCUT2D eigenvalue weighted by Crippen LogP contribution is 2.22. The van der Waals surface area contributed by atoms with Crippen molar-refractivity contribution in [2.45, 2.75) is 6.54 Å². The maximum Gasteiger partial charge on any atom is 0.280 e. The molecule has 0 bridgehead atoms. The van der Waals surface area contributed by atoms with E-state index in [2.05, 4.69) is 12.1 Å². The molecule has 0 radical (unpaired) electrons. The van der Waals surface area contributed by atoms with Crippen molar-refractivity contribution in [3.8, 4) is 0 Å². The van der Waals surface area contributed by atoms with Crippen LogP contribution in [0.15, 0.2) is 83.7 Å². The van der Waals surface area contributed by atoms with Crippen LogP contribution in [0.25, 0.3) is 27.5 Å². The second kappa shape index (κ2) is 5.31. The number of fused-ring (bicyclic) bond motifs is 4. The summed E-state index contributed by atoms with van der Waals surface area (Å²) in [5.41, 5.74) is 3.55. The first-order chi connectivity index (χ1) is 12.3. The topological polar surface area (TPSA) is 39.3 Å². The zero-order valence-electron chi connectivity index (χ0n) is 13.5. The molecule has 3 aromatic carbocycles. The number of benzene rings is 3. The lowest BCUT2D eigenvalue weighted by molar-refractivity contribution is 0.647. The highest BCUT2D eigenvalue weighted by molar-refractivity contribution is 5.95. The summed E-state index contributed by atoms with van der Waals surface area (Å²) in [5, 5.41) is 1.62. The van der Waals surface area contributed by atoms with Gasteiger partial charge in [-0.3, -0.25) is 9.48 Å². The van der Waals surface area contributed by atoms with Crippen molar-refractivity contribution in [1.29, 1.82) is 0 Å². The third kappa shape index (κ3) is 2.08. The van der Waals surface area contributed by atoms with Crippen LogP contribution in [-0.4, -0.2) is 14.2 Å². The van der Waals surface area contributed by atoms with Crippen LogP contribution in [-0.2, 0) is 6.54 Å². The minimum Gasteiger partial charge on any atom is -0.271 e. The summed E-state index contributed by atoms with van der Waals surface area (Å²) in [4.78, 5) is 17.9. The molecule has 5 rings (SSSR count). The van der Waals surface area contributed by atoms with Gasteiger partial charge in [-0.05, 0) is 29.8 Å². The van der Waals surface area contributed by atoms with E-state index in [1.54, 1.807) is 4.52 Å². The van der Waals surface area contributed by atoms with Gasteiger partial charge in [0.1, 0.15) is 0 Å². The molecule has 0 atom stereocenters. The minimum atomic E-state index is -0.0345. The number of hydrogen-bond donors (Lipinski definition) is 0. The standard InChI is InChI=1S/C21H15N3O/c25-21-16-10-4-6-12-18(16)22-20-17-11-5-7-13-19(17)23(24(20)21)14-15-8-2-1-3-9-15/h1-13H,14H2. The lowest BCUT2D eigenvalue weighted by Crippen LogP contribution is -2.22. The van der Waals surface area contributed by atoms with Gasteiger partial charge in [0.15, 0.2) is 5.65 Å². The first-order valence-electron chi connectivity index (χ1n) is 8.26. The van der Waals surface area contributed by atoms with Gasteiger partial charge in [0.25, 0.3) is 5.56 Å². The fourth-order valence-corrected chi connectivity index (χ4v) is 3.43. The van der Waals surface area contributed by atoms with Gasteiger partial charge in [-0.1, -0.05) is 54.6 Å². The average Bonchev–Trinajstić information content (AvgIpc) is 2.97. The Balaban J connectivity index is 1.94. The maximum atomic E-state index is 13.2. The molecular weight excluding hydrogens is 310 g/mol. The summed E-state index contributed by atoms with van der Waals surface area (Å²) in [5.74, 6) is 0. The van der Waals surface area contributed by atoms with Gasteiger partial charge in [0.2, 0.25) is 0 Å². The Kier molecular flexibility index (Phi) is 2.97. The SMILES string of the molecule is O=c1c2ccccc2nc2c3ccccc3n(Cc3ccccc3)n12. The van der Waals surface area contributed by atoms with E-state index in [0.717, 1.165) is 22.0 Å². The van der Waals surface area contributed by atoms with E-state index >= 15 is 0 Å². The monoisotopic (exact) mass is 325 g/mol. The second-order valence-electron chi connectivity index (χ2n) is 6.13. The molecule has 0 aliphatic carbocycles. The fourth-order valence-electron chi connectivity index (χ4n) is 3.43. The largest absolute Gasteiger partial charge is 0.280 e. The van der Waals surface area contributed by atoms with Gasteiger partial charge in [-0.2, -0.15) is 4.52 Å². The average molecular weight is 325 g/mol. The molecule has 120 valence electrons. The van der Waals surface area contributed by atoms with Crippen LogP contribution in [0, 0.1) is 0 Å². The van der Waals surface area contributed by atoms with Gasteiger partial charge in [0.05, 0.1) is 23.0 Å². The highest BCUT2D eigenvalue weighted by atomic mass is 16.1. The molecular formula is C21H15N3O. The van der Waals surface area contributed by atoms with Gasteiger partial charge in [-0.25, -0.2) is 4.98 Å². The Morgan fingerprint density at radius 1 is 0.760 bits per heavy atom. The summed E-state index contributed by atoms with van der Waals surface area (Å²) in [6.45, 7) is 0.616. The van der Waals surface area contributed by atoms with E-state index in [-0.39, 0.29) is 5.56 Å². The van der Waals surface area contributed by atoms with Crippen LogP contribution in [0.4, 0.5) is 0 Å². The smallest absolute Gasteiger partial charge is 0.271 e. The van der Waals surface area contributed by atoms with E-state index in [1.807, 2.05) is 71.4 Å². The van der Waals surface area contributed by atoms with Crippen LogP contribution in [0.5, 0.6) is 0 Å². The quantitative estimate of drug-likeness (QED) is 0.494. The molecule has 25 heavy (non-hydrogen) atoms. The fraction of sp³-hybridized carbons (Fsp3) is 0.0476. The third-order valence-electron chi connectivity index (χ3n) is 4.59. The molecule has 0 saturated heterocycles. The first kappa shape index (κ1) is 14.0. The van der Waals surface area contributed by atoms with Crippen molar-refractivity contribution in [2.75, 3.05) is 0 Å². The van der Waals surface area contributed by atoms with Crippen molar-refractivity contribution in [3.05, 3.63) is 94.8 Å². The van der Waals surface area contributed by atoms with Crippen molar-refractivity contribution >= 4 is 27.5 Å². The molecule has 0 amide bonds. The van der Waals surface area contributed by atoms with E-state index in [4.69, 9.17) is 4.98 Å². The van der Waals surface area contributed by atoms with Crippen LogP contribution in [0.1, 0.15) is 5.56 Å². The van der Waals surface area contributed by atoms with Gasteiger partial charge in [0, 0.05) is 5.39 Å². The number of nitrogens with zero attached hydrogens (tertiary/aromatic N) is 3. The third-order valence-corrected chi connectivity index (χ3v) is 4.59. The Hall–Kier alpha value is -3.40. The van der Waals surface area contributed by atoms with Crippen molar-refractivity contribution in [3.63, 3.8) is 0 Å². The Morgan fingerprint density at radius 3 is 2.28 bits per heavy atom. The number of rotatable bonds is 2. The predicted molar refractivity (Wildman–Crippen MR) is 100 cm³/mol. The summed E-state index contributed by atoms with van der Waals surface area (Å²) in [7, 11) is 0. The number of aromatic nitrogens is 3. The lowest BCUT2D eigenvalue weighted by Gasteiger charge is -2.08. The summed E-state index contributed by atoms with van der Waals surface area (Å²) in [6, 6.07) is 25.7. The lowest BCUT2D eigenvalue weighted by atomic mass is 10.2. The molecule has 5 aromatic rings. The number of hydrogen-bond acceptors (Lipinski definition) is 2. The normalized spacial score (nSPS) is 11.5. The summed E-state index contributed by atoms with van der Waals surface area (Å²) >= 11 is 0.